The first-order valence-corrected chi connectivity index (χ1v) is 12.8. The molecule has 3 aliphatic heterocycles. The highest BCUT2D eigenvalue weighted by molar-refractivity contribution is 7.99. The Kier molecular flexibility index (Phi) is 7.36. The highest BCUT2D eigenvalue weighted by Gasteiger charge is 2.35. The van der Waals surface area contributed by atoms with E-state index in [0.717, 1.165) is 55.5 Å². The summed E-state index contributed by atoms with van der Waals surface area (Å²) in [6, 6.07) is 0.918. The second-order valence-corrected chi connectivity index (χ2v) is 10.4. The minimum Gasteiger partial charge on any atom is -0.336 e. The molecule has 1 aromatic rings. The lowest BCUT2D eigenvalue weighted by Gasteiger charge is -2.40. The standard InChI is InChI=1S/C22H38N6OS/c1-17-8-6-9-18(2)28(17)20(29)16-27-13-7-10-19(27)21-23-24-22(25(21)3)30-15-14-26-11-4-5-12-26/h17-19H,4-16H2,1-3H3/t17-,18+,19-/m1/s1. The third-order valence-electron chi connectivity index (χ3n) is 7.19. The van der Waals surface area contributed by atoms with Crippen LogP contribution < -0.4 is 0 Å². The van der Waals surface area contributed by atoms with E-state index < -0.39 is 0 Å². The van der Waals surface area contributed by atoms with Gasteiger partial charge in [-0.05, 0) is 78.4 Å². The fourth-order valence-corrected chi connectivity index (χ4v) is 6.41. The number of amides is 1. The highest BCUT2D eigenvalue weighted by atomic mass is 32.2. The molecule has 3 saturated heterocycles. The molecule has 0 radical (unpaired) electrons. The summed E-state index contributed by atoms with van der Waals surface area (Å²) in [5, 5.41) is 10.0. The zero-order chi connectivity index (χ0) is 21.1. The van der Waals surface area contributed by atoms with E-state index in [-0.39, 0.29) is 11.9 Å². The van der Waals surface area contributed by atoms with Crippen molar-refractivity contribution < 1.29 is 4.79 Å². The quantitative estimate of drug-likeness (QED) is 0.615. The van der Waals surface area contributed by atoms with Gasteiger partial charge in [0.05, 0.1) is 12.6 Å². The maximum atomic E-state index is 13.1. The maximum absolute atomic E-state index is 13.1. The minimum atomic E-state index is 0.204. The molecule has 0 bridgehead atoms. The summed E-state index contributed by atoms with van der Waals surface area (Å²) in [5.74, 6) is 2.36. The van der Waals surface area contributed by atoms with Crippen LogP contribution in [0.25, 0.3) is 0 Å². The Balaban J connectivity index is 1.36. The van der Waals surface area contributed by atoms with Gasteiger partial charge in [-0.15, -0.1) is 10.2 Å². The number of hydrogen-bond acceptors (Lipinski definition) is 6. The van der Waals surface area contributed by atoms with Gasteiger partial charge in [-0.25, -0.2) is 0 Å². The summed E-state index contributed by atoms with van der Waals surface area (Å²) >= 11 is 1.81. The van der Waals surface area contributed by atoms with Gasteiger partial charge in [-0.2, -0.15) is 0 Å². The molecular weight excluding hydrogens is 396 g/mol. The van der Waals surface area contributed by atoms with Crippen LogP contribution in [0.1, 0.15) is 70.7 Å². The Morgan fingerprint density at radius 2 is 1.73 bits per heavy atom. The van der Waals surface area contributed by atoms with Crippen molar-refractivity contribution in [1.82, 2.24) is 29.5 Å². The number of nitrogens with zero attached hydrogens (tertiary/aromatic N) is 6. The van der Waals surface area contributed by atoms with Gasteiger partial charge in [0.1, 0.15) is 0 Å². The number of aromatic nitrogens is 3. The van der Waals surface area contributed by atoms with Crippen molar-refractivity contribution in [2.45, 2.75) is 82.1 Å². The molecule has 4 heterocycles. The zero-order valence-electron chi connectivity index (χ0n) is 18.9. The van der Waals surface area contributed by atoms with Gasteiger partial charge in [0, 0.05) is 31.4 Å². The molecule has 3 fully saturated rings. The third-order valence-corrected chi connectivity index (χ3v) is 8.19. The molecule has 30 heavy (non-hydrogen) atoms. The third kappa shape index (κ3) is 4.86. The number of thioether (sulfide) groups is 1. The van der Waals surface area contributed by atoms with Crippen LogP contribution in [-0.4, -0.2) is 85.9 Å². The minimum absolute atomic E-state index is 0.204. The van der Waals surface area contributed by atoms with E-state index >= 15 is 0 Å². The lowest BCUT2D eigenvalue weighted by Crippen LogP contribution is -2.51. The summed E-state index contributed by atoms with van der Waals surface area (Å²) in [6.07, 6.45) is 8.33. The SMILES string of the molecule is C[C@@H]1CCC[C@H](C)N1C(=O)CN1CCC[C@@H]1c1nnc(SCCN2CCCC2)n1C. The number of piperidine rings is 1. The molecular formula is C22H38N6OS. The summed E-state index contributed by atoms with van der Waals surface area (Å²) in [7, 11) is 2.08. The Labute approximate surface area is 185 Å². The van der Waals surface area contributed by atoms with E-state index in [1.165, 1.54) is 32.4 Å². The molecule has 0 unspecified atom stereocenters. The first kappa shape index (κ1) is 22.1. The van der Waals surface area contributed by atoms with Gasteiger partial charge in [0.2, 0.25) is 5.91 Å². The van der Waals surface area contributed by atoms with E-state index in [4.69, 9.17) is 0 Å². The summed E-state index contributed by atoms with van der Waals surface area (Å²) in [5.41, 5.74) is 0. The summed E-state index contributed by atoms with van der Waals surface area (Å²) < 4.78 is 2.16. The molecule has 0 N–H and O–H groups in total. The number of rotatable bonds is 7. The molecule has 1 amide bonds. The van der Waals surface area contributed by atoms with Crippen LogP contribution in [0.5, 0.6) is 0 Å². The van der Waals surface area contributed by atoms with Crippen LogP contribution >= 0.6 is 11.8 Å². The Bertz CT molecular complexity index is 708. The Morgan fingerprint density at radius 1 is 1.00 bits per heavy atom. The van der Waals surface area contributed by atoms with Crippen molar-refractivity contribution in [3.8, 4) is 0 Å². The fourth-order valence-electron chi connectivity index (χ4n) is 5.49. The van der Waals surface area contributed by atoms with Gasteiger partial charge >= 0.3 is 0 Å². The average molecular weight is 435 g/mol. The number of hydrogen-bond donors (Lipinski definition) is 0. The predicted octanol–water partition coefficient (Wildman–Crippen LogP) is 2.93. The van der Waals surface area contributed by atoms with Crippen LogP contribution in [0.4, 0.5) is 0 Å². The van der Waals surface area contributed by atoms with Gasteiger partial charge < -0.3 is 14.4 Å². The molecule has 4 rings (SSSR count). The normalized spacial score (nSPS) is 28.5. The van der Waals surface area contributed by atoms with Crippen molar-refractivity contribution >= 4 is 17.7 Å². The van der Waals surface area contributed by atoms with Crippen LogP contribution in [-0.2, 0) is 11.8 Å². The van der Waals surface area contributed by atoms with Gasteiger partial charge in [-0.1, -0.05) is 11.8 Å². The van der Waals surface area contributed by atoms with Crippen LogP contribution in [0.15, 0.2) is 5.16 Å². The lowest BCUT2D eigenvalue weighted by molar-refractivity contribution is -0.138. The van der Waals surface area contributed by atoms with Gasteiger partial charge in [0.25, 0.3) is 0 Å². The van der Waals surface area contributed by atoms with Crippen molar-refractivity contribution in [2.75, 3.05) is 38.5 Å². The predicted molar refractivity (Wildman–Crippen MR) is 121 cm³/mol. The number of carbonyl (C=O) groups excluding carboxylic acids is 1. The molecule has 0 aliphatic carbocycles. The molecule has 0 saturated carbocycles. The molecule has 1 aromatic heterocycles. The molecule has 0 spiro atoms. The second-order valence-electron chi connectivity index (χ2n) is 9.36. The topological polar surface area (TPSA) is 57.5 Å². The molecule has 7 nitrogen and oxygen atoms in total. The molecule has 3 atom stereocenters. The molecule has 3 aliphatic rings. The zero-order valence-corrected chi connectivity index (χ0v) is 19.7. The maximum Gasteiger partial charge on any atom is 0.237 e. The Morgan fingerprint density at radius 3 is 2.47 bits per heavy atom. The Hall–Kier alpha value is -1.12. The average Bonchev–Trinajstić information content (AvgIpc) is 3.45. The van der Waals surface area contributed by atoms with E-state index in [0.29, 0.717) is 18.6 Å². The van der Waals surface area contributed by atoms with Gasteiger partial charge in [-0.3, -0.25) is 9.69 Å². The van der Waals surface area contributed by atoms with Crippen molar-refractivity contribution in [1.29, 1.82) is 0 Å². The van der Waals surface area contributed by atoms with E-state index in [1.807, 2.05) is 0 Å². The van der Waals surface area contributed by atoms with E-state index in [9.17, 15) is 4.79 Å². The first-order chi connectivity index (χ1) is 14.5. The summed E-state index contributed by atoms with van der Waals surface area (Å²) in [6.45, 7) is 9.48. The molecule has 168 valence electrons. The molecule has 8 heteroatoms. The van der Waals surface area contributed by atoms with Crippen molar-refractivity contribution in [2.24, 2.45) is 7.05 Å². The first-order valence-electron chi connectivity index (χ1n) is 11.8. The van der Waals surface area contributed by atoms with Crippen molar-refractivity contribution in [3.05, 3.63) is 5.82 Å². The number of carbonyl (C=O) groups is 1. The second kappa shape index (κ2) is 10.0. The van der Waals surface area contributed by atoms with Crippen molar-refractivity contribution in [3.63, 3.8) is 0 Å². The lowest BCUT2D eigenvalue weighted by atomic mass is 9.97. The fraction of sp³-hybridized carbons (Fsp3) is 0.864. The molecule has 0 aromatic carbocycles. The smallest absolute Gasteiger partial charge is 0.237 e. The van der Waals surface area contributed by atoms with Crippen LogP contribution in [0.3, 0.4) is 0 Å². The van der Waals surface area contributed by atoms with Gasteiger partial charge in [0.15, 0.2) is 11.0 Å². The highest BCUT2D eigenvalue weighted by Crippen LogP contribution is 2.33. The monoisotopic (exact) mass is 434 g/mol. The van der Waals surface area contributed by atoms with E-state index in [1.54, 1.807) is 11.8 Å². The van der Waals surface area contributed by atoms with E-state index in [2.05, 4.69) is 50.4 Å². The van der Waals surface area contributed by atoms with Crippen LogP contribution in [0.2, 0.25) is 0 Å². The largest absolute Gasteiger partial charge is 0.336 e. The number of likely N-dealkylation sites (tertiary alicyclic amines) is 3. The van der Waals surface area contributed by atoms with Crippen LogP contribution in [0, 0.1) is 0 Å². The summed E-state index contributed by atoms with van der Waals surface area (Å²) in [4.78, 5) is 20.1.